The van der Waals surface area contributed by atoms with E-state index in [1.807, 2.05) is 6.07 Å². The smallest absolute Gasteiger partial charge is 0.305 e. The fourth-order valence-electron chi connectivity index (χ4n) is 1.06. The lowest BCUT2D eigenvalue weighted by Crippen LogP contribution is -2.21. The molecule has 0 saturated heterocycles. The SMILES string of the molecule is CN(CCC(=O)O)c1ccc(C#N)cn1. The lowest BCUT2D eigenvalue weighted by atomic mass is 10.3. The molecule has 5 nitrogen and oxygen atoms in total. The van der Waals surface area contributed by atoms with Gasteiger partial charge in [0.15, 0.2) is 0 Å². The van der Waals surface area contributed by atoms with Gasteiger partial charge >= 0.3 is 5.97 Å². The topological polar surface area (TPSA) is 77.2 Å². The molecule has 78 valence electrons. The van der Waals surface area contributed by atoms with Gasteiger partial charge in [-0.3, -0.25) is 4.79 Å². The van der Waals surface area contributed by atoms with Gasteiger partial charge in [-0.15, -0.1) is 0 Å². The molecular formula is C10H11N3O2. The monoisotopic (exact) mass is 205 g/mol. The predicted molar refractivity (Wildman–Crippen MR) is 54.5 cm³/mol. The number of nitrogens with zero attached hydrogens (tertiary/aromatic N) is 3. The Hall–Kier alpha value is -2.09. The van der Waals surface area contributed by atoms with Crippen LogP contribution in [0.3, 0.4) is 0 Å². The van der Waals surface area contributed by atoms with E-state index in [2.05, 4.69) is 4.98 Å². The molecular weight excluding hydrogens is 194 g/mol. The van der Waals surface area contributed by atoms with Crippen molar-refractivity contribution in [3.63, 3.8) is 0 Å². The van der Waals surface area contributed by atoms with Crippen molar-refractivity contribution in [1.82, 2.24) is 4.98 Å². The molecule has 1 heterocycles. The van der Waals surface area contributed by atoms with Crippen LogP contribution >= 0.6 is 0 Å². The quantitative estimate of drug-likeness (QED) is 0.788. The van der Waals surface area contributed by atoms with Gasteiger partial charge in [-0.05, 0) is 12.1 Å². The first kappa shape index (κ1) is 11.0. The highest BCUT2D eigenvalue weighted by Crippen LogP contribution is 2.09. The number of carboxylic acid groups (broad SMARTS) is 1. The van der Waals surface area contributed by atoms with E-state index in [9.17, 15) is 4.79 Å². The van der Waals surface area contributed by atoms with Crippen molar-refractivity contribution in [1.29, 1.82) is 5.26 Å². The van der Waals surface area contributed by atoms with Crippen LogP contribution in [0.2, 0.25) is 0 Å². The summed E-state index contributed by atoms with van der Waals surface area (Å²) >= 11 is 0. The second-order valence-electron chi connectivity index (χ2n) is 3.08. The van der Waals surface area contributed by atoms with Crippen LogP contribution in [0, 0.1) is 11.3 Å². The number of hydrogen-bond acceptors (Lipinski definition) is 4. The predicted octanol–water partition coefficient (Wildman–Crippen LogP) is 0.864. The van der Waals surface area contributed by atoms with Crippen molar-refractivity contribution in [3.05, 3.63) is 23.9 Å². The molecule has 0 fully saturated rings. The molecule has 0 amide bonds. The number of pyridine rings is 1. The number of hydrogen-bond donors (Lipinski definition) is 1. The van der Waals surface area contributed by atoms with Gasteiger partial charge in [0.05, 0.1) is 12.0 Å². The zero-order valence-electron chi connectivity index (χ0n) is 8.34. The Bertz CT molecular complexity index is 381. The van der Waals surface area contributed by atoms with Gasteiger partial charge in [-0.1, -0.05) is 0 Å². The number of carbonyl (C=O) groups is 1. The van der Waals surface area contributed by atoms with Crippen LogP contribution in [-0.2, 0) is 4.79 Å². The second kappa shape index (κ2) is 4.96. The largest absolute Gasteiger partial charge is 0.481 e. The molecule has 1 rings (SSSR count). The molecule has 0 aromatic carbocycles. The molecule has 1 N–H and O–H groups in total. The van der Waals surface area contributed by atoms with Crippen molar-refractivity contribution >= 4 is 11.8 Å². The molecule has 1 aromatic rings. The maximum absolute atomic E-state index is 10.3. The molecule has 0 aliphatic carbocycles. The Morgan fingerprint density at radius 1 is 1.67 bits per heavy atom. The van der Waals surface area contributed by atoms with Crippen molar-refractivity contribution in [2.24, 2.45) is 0 Å². The second-order valence-corrected chi connectivity index (χ2v) is 3.08. The van der Waals surface area contributed by atoms with E-state index in [4.69, 9.17) is 10.4 Å². The molecule has 0 bridgehead atoms. The number of rotatable bonds is 4. The molecule has 0 unspecified atom stereocenters. The van der Waals surface area contributed by atoms with Crippen LogP contribution in [0.4, 0.5) is 5.82 Å². The van der Waals surface area contributed by atoms with Crippen LogP contribution in [-0.4, -0.2) is 29.7 Å². The van der Waals surface area contributed by atoms with Crippen molar-refractivity contribution < 1.29 is 9.90 Å². The Balaban J connectivity index is 2.62. The molecule has 0 aliphatic heterocycles. The Morgan fingerprint density at radius 2 is 2.40 bits per heavy atom. The van der Waals surface area contributed by atoms with Crippen molar-refractivity contribution in [2.75, 3.05) is 18.5 Å². The first-order chi connectivity index (χ1) is 7.13. The Morgan fingerprint density at radius 3 is 2.87 bits per heavy atom. The van der Waals surface area contributed by atoms with E-state index in [1.54, 1.807) is 24.1 Å². The molecule has 1 aromatic heterocycles. The van der Waals surface area contributed by atoms with Crippen LogP contribution in [0.1, 0.15) is 12.0 Å². The summed E-state index contributed by atoms with van der Waals surface area (Å²) in [6.45, 7) is 0.397. The Kier molecular flexibility index (Phi) is 3.63. The fraction of sp³-hybridized carbons (Fsp3) is 0.300. The average Bonchev–Trinajstić information content (AvgIpc) is 2.26. The summed E-state index contributed by atoms with van der Waals surface area (Å²) in [6, 6.07) is 5.32. The third-order valence-corrected chi connectivity index (χ3v) is 1.93. The van der Waals surface area contributed by atoms with Crippen molar-refractivity contribution in [2.45, 2.75) is 6.42 Å². The van der Waals surface area contributed by atoms with Gasteiger partial charge in [0.2, 0.25) is 0 Å². The lowest BCUT2D eigenvalue weighted by Gasteiger charge is -2.16. The van der Waals surface area contributed by atoms with E-state index in [1.165, 1.54) is 6.20 Å². The van der Waals surface area contributed by atoms with Gasteiger partial charge in [0.1, 0.15) is 11.9 Å². The minimum Gasteiger partial charge on any atom is -0.481 e. The molecule has 0 atom stereocenters. The van der Waals surface area contributed by atoms with Crippen LogP contribution in [0.15, 0.2) is 18.3 Å². The zero-order valence-corrected chi connectivity index (χ0v) is 8.34. The van der Waals surface area contributed by atoms with Gasteiger partial charge in [-0.2, -0.15) is 5.26 Å². The highest BCUT2D eigenvalue weighted by molar-refractivity contribution is 5.67. The molecule has 0 spiro atoms. The maximum atomic E-state index is 10.3. The van der Waals surface area contributed by atoms with Crippen LogP contribution < -0.4 is 4.90 Å². The van der Waals surface area contributed by atoms with Crippen LogP contribution in [0.25, 0.3) is 0 Å². The van der Waals surface area contributed by atoms with E-state index in [-0.39, 0.29) is 6.42 Å². The summed E-state index contributed by atoms with van der Waals surface area (Å²) in [4.78, 5) is 16.1. The number of anilines is 1. The zero-order chi connectivity index (χ0) is 11.3. The molecule has 0 saturated carbocycles. The Labute approximate surface area is 87.6 Å². The number of aliphatic carboxylic acids is 1. The van der Waals surface area contributed by atoms with Gasteiger partial charge in [0, 0.05) is 19.8 Å². The maximum Gasteiger partial charge on any atom is 0.305 e. The third kappa shape index (κ3) is 3.27. The van der Waals surface area contributed by atoms with Crippen LogP contribution in [0.5, 0.6) is 0 Å². The summed E-state index contributed by atoms with van der Waals surface area (Å²) in [5.74, 6) is -0.175. The average molecular weight is 205 g/mol. The van der Waals surface area contributed by atoms with Gasteiger partial charge in [0.25, 0.3) is 0 Å². The van der Waals surface area contributed by atoms with Gasteiger partial charge < -0.3 is 10.0 Å². The standard InChI is InChI=1S/C10H11N3O2/c1-13(5-4-10(14)15)9-3-2-8(6-11)7-12-9/h2-3,7H,4-5H2,1H3,(H,14,15). The number of carboxylic acids is 1. The molecule has 0 aliphatic rings. The number of nitriles is 1. The van der Waals surface area contributed by atoms with E-state index >= 15 is 0 Å². The number of aromatic nitrogens is 1. The minimum absolute atomic E-state index is 0.0676. The summed E-state index contributed by atoms with van der Waals surface area (Å²) < 4.78 is 0. The van der Waals surface area contributed by atoms with E-state index < -0.39 is 5.97 Å². The third-order valence-electron chi connectivity index (χ3n) is 1.93. The van der Waals surface area contributed by atoms with E-state index in [0.29, 0.717) is 17.9 Å². The lowest BCUT2D eigenvalue weighted by molar-refractivity contribution is -0.136. The normalized spacial score (nSPS) is 9.33. The first-order valence-electron chi connectivity index (χ1n) is 4.42. The summed E-state index contributed by atoms with van der Waals surface area (Å²) in [5.41, 5.74) is 0.491. The fourth-order valence-corrected chi connectivity index (χ4v) is 1.06. The van der Waals surface area contributed by atoms with Gasteiger partial charge in [-0.25, -0.2) is 4.98 Å². The minimum atomic E-state index is -0.838. The van der Waals surface area contributed by atoms with Crippen molar-refractivity contribution in [3.8, 4) is 6.07 Å². The summed E-state index contributed by atoms with van der Waals surface area (Å²) in [6.07, 6.45) is 1.53. The summed E-state index contributed by atoms with van der Waals surface area (Å²) in [5, 5.41) is 17.1. The molecule has 15 heavy (non-hydrogen) atoms. The molecule has 5 heteroatoms. The summed E-state index contributed by atoms with van der Waals surface area (Å²) in [7, 11) is 1.76. The highest BCUT2D eigenvalue weighted by Gasteiger charge is 2.04. The first-order valence-corrected chi connectivity index (χ1v) is 4.42. The highest BCUT2D eigenvalue weighted by atomic mass is 16.4. The molecule has 0 radical (unpaired) electrons. The van der Waals surface area contributed by atoms with E-state index in [0.717, 1.165) is 0 Å².